The number of sulfonamides is 1. The van der Waals surface area contributed by atoms with Gasteiger partial charge in [-0.1, -0.05) is 0 Å². The molecule has 108 valence electrons. The molecule has 0 aliphatic rings. The summed E-state index contributed by atoms with van der Waals surface area (Å²) in [7, 11) is -3.46. The number of nitrogens with two attached hydrogens (primary N) is 2. The van der Waals surface area contributed by atoms with Crippen LogP contribution in [0, 0.1) is 0 Å². The molecule has 0 spiro atoms. The van der Waals surface area contributed by atoms with Crippen LogP contribution < -0.4 is 26.5 Å². The SMILES string of the molecule is CCOc1nc(NN)nc(NCCCS(N)(=O)=O)n1. The van der Waals surface area contributed by atoms with Gasteiger partial charge in [0.2, 0.25) is 21.9 Å². The molecule has 0 amide bonds. The molecule has 0 bridgehead atoms. The zero-order valence-electron chi connectivity index (χ0n) is 10.5. The van der Waals surface area contributed by atoms with Gasteiger partial charge in [0.25, 0.3) is 0 Å². The molecule has 10 nitrogen and oxygen atoms in total. The number of ether oxygens (including phenoxy) is 1. The monoisotopic (exact) mass is 291 g/mol. The summed E-state index contributed by atoms with van der Waals surface area (Å²) in [6.07, 6.45) is 0.333. The number of nitrogen functional groups attached to an aromatic ring is 1. The molecule has 0 atom stereocenters. The maximum absolute atomic E-state index is 10.7. The maximum Gasteiger partial charge on any atom is 0.323 e. The molecule has 0 aliphatic carbocycles. The van der Waals surface area contributed by atoms with Crippen LogP contribution in [0.4, 0.5) is 11.9 Å². The van der Waals surface area contributed by atoms with E-state index in [0.29, 0.717) is 19.6 Å². The number of rotatable bonds is 8. The van der Waals surface area contributed by atoms with Crippen LogP contribution in [0.2, 0.25) is 0 Å². The summed E-state index contributed by atoms with van der Waals surface area (Å²) in [5.41, 5.74) is 2.28. The molecule has 0 saturated heterocycles. The molecule has 0 radical (unpaired) electrons. The molecule has 19 heavy (non-hydrogen) atoms. The zero-order valence-corrected chi connectivity index (χ0v) is 11.3. The van der Waals surface area contributed by atoms with E-state index >= 15 is 0 Å². The van der Waals surface area contributed by atoms with Crippen molar-refractivity contribution in [2.75, 3.05) is 29.6 Å². The van der Waals surface area contributed by atoms with E-state index in [2.05, 4.69) is 25.7 Å². The Hall–Kier alpha value is -1.72. The van der Waals surface area contributed by atoms with Gasteiger partial charge in [-0.15, -0.1) is 0 Å². The Morgan fingerprint density at radius 2 is 1.95 bits per heavy atom. The molecule has 0 aromatic carbocycles. The van der Waals surface area contributed by atoms with Gasteiger partial charge in [0.15, 0.2) is 0 Å². The van der Waals surface area contributed by atoms with E-state index in [9.17, 15) is 8.42 Å². The lowest BCUT2D eigenvalue weighted by Crippen LogP contribution is -2.19. The number of nitrogens with one attached hydrogen (secondary N) is 2. The third-order valence-electron chi connectivity index (χ3n) is 1.91. The van der Waals surface area contributed by atoms with Crippen molar-refractivity contribution in [1.82, 2.24) is 15.0 Å². The van der Waals surface area contributed by atoms with Crippen LogP contribution in [0.1, 0.15) is 13.3 Å². The van der Waals surface area contributed by atoms with Gasteiger partial charge in [-0.25, -0.2) is 19.4 Å². The summed E-state index contributed by atoms with van der Waals surface area (Å²) in [6, 6.07) is 0.124. The minimum Gasteiger partial charge on any atom is -0.464 e. The van der Waals surface area contributed by atoms with Crippen LogP contribution in [0.5, 0.6) is 6.01 Å². The molecular formula is C8H17N7O3S. The van der Waals surface area contributed by atoms with Crippen molar-refractivity contribution in [3.8, 4) is 6.01 Å². The van der Waals surface area contributed by atoms with E-state index in [4.69, 9.17) is 15.7 Å². The quantitative estimate of drug-likeness (QED) is 0.258. The van der Waals surface area contributed by atoms with E-state index in [1.807, 2.05) is 0 Å². The van der Waals surface area contributed by atoms with Crippen LogP contribution in [0.3, 0.4) is 0 Å². The minimum absolute atomic E-state index is 0.120. The Bertz CT molecular complexity index is 507. The van der Waals surface area contributed by atoms with Crippen LogP contribution in [0.25, 0.3) is 0 Å². The Morgan fingerprint density at radius 3 is 2.53 bits per heavy atom. The van der Waals surface area contributed by atoms with Gasteiger partial charge in [0, 0.05) is 6.54 Å². The Kier molecular flexibility index (Phi) is 5.66. The van der Waals surface area contributed by atoms with Crippen LogP contribution in [-0.2, 0) is 10.0 Å². The van der Waals surface area contributed by atoms with Gasteiger partial charge in [-0.3, -0.25) is 5.43 Å². The van der Waals surface area contributed by atoms with Crippen LogP contribution in [-0.4, -0.2) is 42.3 Å². The van der Waals surface area contributed by atoms with Gasteiger partial charge in [0.05, 0.1) is 12.4 Å². The van der Waals surface area contributed by atoms with Crippen molar-refractivity contribution < 1.29 is 13.2 Å². The first-order valence-corrected chi connectivity index (χ1v) is 7.26. The first kappa shape index (κ1) is 15.3. The average molecular weight is 291 g/mol. The van der Waals surface area contributed by atoms with Crippen molar-refractivity contribution in [1.29, 1.82) is 0 Å². The number of primary sulfonamides is 1. The van der Waals surface area contributed by atoms with E-state index < -0.39 is 10.0 Å². The number of aromatic nitrogens is 3. The Balaban J connectivity index is 2.59. The normalized spacial score (nSPS) is 11.1. The molecule has 1 aromatic heterocycles. The van der Waals surface area contributed by atoms with Crippen LogP contribution >= 0.6 is 0 Å². The zero-order chi connectivity index (χ0) is 14.3. The van der Waals surface area contributed by atoms with Crippen molar-refractivity contribution in [3.63, 3.8) is 0 Å². The third-order valence-corrected chi connectivity index (χ3v) is 2.76. The standard InChI is InChI=1S/C8H17N7O3S/c1-2-18-8-13-6(12-7(14-8)15-9)11-4-3-5-19(10,16)17/h2-5,9H2,1H3,(H2,10,16,17)(H2,11,12,13,14,15). The van der Waals surface area contributed by atoms with Gasteiger partial charge < -0.3 is 10.1 Å². The topological polar surface area (TPSA) is 158 Å². The molecule has 0 saturated carbocycles. The lowest BCUT2D eigenvalue weighted by molar-refractivity contribution is 0.312. The Labute approximate surface area is 111 Å². The summed E-state index contributed by atoms with van der Waals surface area (Å²) in [6.45, 7) is 2.54. The Morgan fingerprint density at radius 1 is 1.26 bits per heavy atom. The average Bonchev–Trinajstić information content (AvgIpc) is 2.34. The summed E-state index contributed by atoms with van der Waals surface area (Å²) >= 11 is 0. The number of hydrogen-bond donors (Lipinski definition) is 4. The number of anilines is 2. The van der Waals surface area contributed by atoms with Crippen LogP contribution in [0.15, 0.2) is 0 Å². The maximum atomic E-state index is 10.7. The van der Waals surface area contributed by atoms with E-state index in [1.165, 1.54) is 0 Å². The first-order chi connectivity index (χ1) is 8.94. The number of hydrazine groups is 1. The smallest absolute Gasteiger partial charge is 0.323 e. The fourth-order valence-corrected chi connectivity index (χ4v) is 1.71. The fraction of sp³-hybridized carbons (Fsp3) is 0.625. The van der Waals surface area contributed by atoms with Crippen molar-refractivity contribution in [2.24, 2.45) is 11.0 Å². The molecule has 1 heterocycles. The number of nitrogens with zero attached hydrogens (tertiary/aromatic N) is 3. The highest BCUT2D eigenvalue weighted by Crippen LogP contribution is 2.10. The fourth-order valence-electron chi connectivity index (χ4n) is 1.17. The molecule has 1 aromatic rings. The second-order valence-corrected chi connectivity index (χ2v) is 5.22. The lowest BCUT2D eigenvalue weighted by atomic mass is 10.5. The van der Waals surface area contributed by atoms with E-state index in [1.54, 1.807) is 6.92 Å². The van der Waals surface area contributed by atoms with Gasteiger partial charge >= 0.3 is 6.01 Å². The molecule has 1 rings (SSSR count). The van der Waals surface area contributed by atoms with Gasteiger partial charge in [-0.05, 0) is 13.3 Å². The highest BCUT2D eigenvalue weighted by atomic mass is 32.2. The number of hydrogen-bond acceptors (Lipinski definition) is 9. The highest BCUT2D eigenvalue weighted by Gasteiger charge is 2.07. The minimum atomic E-state index is -3.46. The van der Waals surface area contributed by atoms with Gasteiger partial charge in [-0.2, -0.15) is 15.0 Å². The van der Waals surface area contributed by atoms with Gasteiger partial charge in [0.1, 0.15) is 0 Å². The summed E-state index contributed by atoms with van der Waals surface area (Å²) in [4.78, 5) is 11.8. The summed E-state index contributed by atoms with van der Waals surface area (Å²) in [5, 5.41) is 7.71. The lowest BCUT2D eigenvalue weighted by Gasteiger charge is -2.08. The molecule has 0 aliphatic heterocycles. The van der Waals surface area contributed by atoms with Crippen molar-refractivity contribution in [2.45, 2.75) is 13.3 Å². The first-order valence-electron chi connectivity index (χ1n) is 5.54. The highest BCUT2D eigenvalue weighted by molar-refractivity contribution is 7.89. The summed E-state index contributed by atoms with van der Waals surface area (Å²) < 4.78 is 26.6. The van der Waals surface area contributed by atoms with E-state index in [-0.39, 0.29) is 23.7 Å². The second-order valence-electron chi connectivity index (χ2n) is 3.49. The molecular weight excluding hydrogens is 274 g/mol. The summed E-state index contributed by atoms with van der Waals surface area (Å²) in [5.74, 6) is 5.48. The predicted molar refractivity (Wildman–Crippen MR) is 69.9 cm³/mol. The van der Waals surface area contributed by atoms with Crippen molar-refractivity contribution in [3.05, 3.63) is 0 Å². The largest absolute Gasteiger partial charge is 0.464 e. The van der Waals surface area contributed by atoms with E-state index in [0.717, 1.165) is 0 Å². The second kappa shape index (κ2) is 7.01. The third kappa shape index (κ3) is 6.13. The molecule has 6 N–H and O–H groups in total. The molecule has 0 unspecified atom stereocenters. The molecule has 11 heteroatoms. The predicted octanol–water partition coefficient (Wildman–Crippen LogP) is -1.35. The van der Waals surface area contributed by atoms with Crippen molar-refractivity contribution >= 4 is 21.9 Å². The molecule has 0 fully saturated rings.